The molecule has 0 saturated heterocycles. The fraction of sp³-hybridized carbons (Fsp3) is 0.562. The Hall–Kier alpha value is -2.23. The highest BCUT2D eigenvalue weighted by atomic mass is 19.3. The van der Waals surface area contributed by atoms with Crippen LogP contribution < -0.4 is 4.74 Å². The Kier molecular flexibility index (Phi) is 9.56. The van der Waals surface area contributed by atoms with Crippen LogP contribution in [0.2, 0.25) is 0 Å². The van der Waals surface area contributed by atoms with Gasteiger partial charge in [-0.25, -0.2) is 13.2 Å². The molecule has 1 nitrogen and oxygen atoms in total. The van der Waals surface area contributed by atoms with Gasteiger partial charge in [0.1, 0.15) is 11.6 Å². The van der Waals surface area contributed by atoms with Gasteiger partial charge < -0.3 is 4.74 Å². The van der Waals surface area contributed by atoms with Crippen molar-refractivity contribution >= 4 is 6.08 Å². The SMILES string of the molecule is CCCC1CCC(C2CCC(C=Cc3ccc(-c4ccc(OCC)cc4)c(F)c3C(F)F)CC2)CC1. The van der Waals surface area contributed by atoms with Crippen LogP contribution in [-0.4, -0.2) is 6.61 Å². The molecule has 4 heteroatoms. The summed E-state index contributed by atoms with van der Waals surface area (Å²) >= 11 is 0. The largest absolute Gasteiger partial charge is 0.494 e. The quantitative estimate of drug-likeness (QED) is 0.334. The third-order valence-electron chi connectivity index (χ3n) is 8.53. The minimum atomic E-state index is -2.87. The molecule has 2 aliphatic carbocycles. The smallest absolute Gasteiger partial charge is 0.267 e. The van der Waals surface area contributed by atoms with Crippen molar-refractivity contribution in [3.8, 4) is 16.9 Å². The number of allylic oxidation sites excluding steroid dienone is 1. The van der Waals surface area contributed by atoms with Crippen molar-refractivity contribution in [2.75, 3.05) is 6.61 Å². The topological polar surface area (TPSA) is 9.23 Å². The van der Waals surface area contributed by atoms with Gasteiger partial charge in [0.25, 0.3) is 6.43 Å². The lowest BCUT2D eigenvalue weighted by Gasteiger charge is -2.37. The summed E-state index contributed by atoms with van der Waals surface area (Å²) in [6, 6.07) is 10.1. The van der Waals surface area contributed by atoms with E-state index >= 15 is 4.39 Å². The van der Waals surface area contributed by atoms with Gasteiger partial charge in [0, 0.05) is 5.56 Å². The Bertz CT molecular complexity index is 981. The molecule has 0 bridgehead atoms. The van der Waals surface area contributed by atoms with Crippen LogP contribution in [0.3, 0.4) is 0 Å². The van der Waals surface area contributed by atoms with E-state index in [0.29, 0.717) is 23.8 Å². The van der Waals surface area contributed by atoms with Crippen molar-refractivity contribution in [2.45, 2.75) is 84.5 Å². The predicted octanol–water partition coefficient (Wildman–Crippen LogP) is 10.3. The van der Waals surface area contributed by atoms with Gasteiger partial charge in [0.2, 0.25) is 0 Å². The number of hydrogen-bond donors (Lipinski definition) is 0. The Balaban J connectivity index is 1.39. The van der Waals surface area contributed by atoms with Crippen molar-refractivity contribution < 1.29 is 17.9 Å². The first-order valence-electron chi connectivity index (χ1n) is 14.0. The van der Waals surface area contributed by atoms with E-state index in [1.807, 2.05) is 13.0 Å². The fourth-order valence-corrected chi connectivity index (χ4v) is 6.50. The second kappa shape index (κ2) is 12.8. The lowest BCUT2D eigenvalue weighted by molar-refractivity contribution is 0.146. The summed E-state index contributed by atoms with van der Waals surface area (Å²) in [5.74, 6) is 2.86. The molecule has 36 heavy (non-hydrogen) atoms. The number of rotatable bonds is 9. The molecule has 196 valence electrons. The Labute approximate surface area is 215 Å². The van der Waals surface area contributed by atoms with E-state index in [4.69, 9.17) is 4.74 Å². The molecule has 2 aromatic carbocycles. The molecule has 0 atom stereocenters. The third kappa shape index (κ3) is 6.55. The van der Waals surface area contributed by atoms with Gasteiger partial charge >= 0.3 is 0 Å². The summed E-state index contributed by atoms with van der Waals surface area (Å²) in [6.45, 7) is 4.71. The van der Waals surface area contributed by atoms with E-state index in [0.717, 1.165) is 30.6 Å². The van der Waals surface area contributed by atoms with Crippen molar-refractivity contribution in [1.29, 1.82) is 0 Å². The van der Waals surface area contributed by atoms with Gasteiger partial charge in [-0.2, -0.15) is 0 Å². The number of alkyl halides is 2. The predicted molar refractivity (Wildman–Crippen MR) is 143 cm³/mol. The maximum absolute atomic E-state index is 15.3. The average Bonchev–Trinajstić information content (AvgIpc) is 2.89. The fourth-order valence-electron chi connectivity index (χ4n) is 6.50. The molecule has 0 aliphatic heterocycles. The van der Waals surface area contributed by atoms with Crippen LogP contribution in [0.4, 0.5) is 13.2 Å². The van der Waals surface area contributed by atoms with Crippen LogP contribution >= 0.6 is 0 Å². The van der Waals surface area contributed by atoms with Gasteiger partial charge in [-0.1, -0.05) is 69.0 Å². The van der Waals surface area contributed by atoms with Crippen molar-refractivity contribution in [3.05, 3.63) is 59.4 Å². The van der Waals surface area contributed by atoms with Crippen LogP contribution in [0, 0.1) is 29.5 Å². The summed E-state index contributed by atoms with van der Waals surface area (Å²) in [6.07, 6.45) is 13.8. The third-order valence-corrected chi connectivity index (χ3v) is 8.53. The van der Waals surface area contributed by atoms with E-state index in [1.165, 1.54) is 51.4 Å². The normalized spacial score (nSPS) is 24.9. The van der Waals surface area contributed by atoms with Gasteiger partial charge in [-0.15, -0.1) is 0 Å². The maximum Gasteiger partial charge on any atom is 0.267 e. The first-order valence-corrected chi connectivity index (χ1v) is 14.0. The first-order chi connectivity index (χ1) is 17.5. The van der Waals surface area contributed by atoms with Crippen LogP contribution in [0.5, 0.6) is 5.75 Å². The lowest BCUT2D eigenvalue weighted by atomic mass is 9.68. The Morgan fingerprint density at radius 3 is 2.08 bits per heavy atom. The minimum absolute atomic E-state index is 0.194. The number of halogens is 3. The van der Waals surface area contributed by atoms with Gasteiger partial charge in [-0.05, 0) is 92.4 Å². The molecule has 0 spiro atoms. The van der Waals surface area contributed by atoms with Gasteiger partial charge in [0.05, 0.1) is 12.2 Å². The molecular formula is C32H41F3O. The molecule has 2 fully saturated rings. The summed E-state index contributed by atoms with van der Waals surface area (Å²) in [7, 11) is 0. The van der Waals surface area contributed by atoms with E-state index in [-0.39, 0.29) is 11.1 Å². The maximum atomic E-state index is 15.3. The molecule has 0 radical (unpaired) electrons. The molecule has 0 unspecified atom stereocenters. The van der Waals surface area contributed by atoms with Crippen LogP contribution in [-0.2, 0) is 0 Å². The Morgan fingerprint density at radius 1 is 0.861 bits per heavy atom. The zero-order valence-electron chi connectivity index (χ0n) is 21.8. The van der Waals surface area contributed by atoms with Crippen LogP contribution in [0.1, 0.15) is 95.6 Å². The molecule has 0 heterocycles. The van der Waals surface area contributed by atoms with Gasteiger partial charge in [0.15, 0.2) is 0 Å². The monoisotopic (exact) mass is 498 g/mol. The molecular weight excluding hydrogens is 457 g/mol. The zero-order chi connectivity index (χ0) is 25.5. The van der Waals surface area contributed by atoms with E-state index < -0.39 is 17.8 Å². The lowest BCUT2D eigenvalue weighted by Crippen LogP contribution is -2.25. The van der Waals surface area contributed by atoms with Crippen LogP contribution in [0.25, 0.3) is 17.2 Å². The minimum Gasteiger partial charge on any atom is -0.494 e. The van der Waals surface area contributed by atoms with Crippen molar-refractivity contribution in [3.63, 3.8) is 0 Å². The number of benzene rings is 2. The molecule has 4 rings (SSSR count). The summed E-state index contributed by atoms with van der Waals surface area (Å²) < 4.78 is 48.6. The highest BCUT2D eigenvalue weighted by Gasteiger charge is 2.30. The van der Waals surface area contributed by atoms with E-state index in [9.17, 15) is 8.78 Å². The summed E-state index contributed by atoms with van der Waals surface area (Å²) in [5, 5.41) is 0. The number of ether oxygens (including phenoxy) is 1. The van der Waals surface area contributed by atoms with E-state index in [1.54, 1.807) is 42.5 Å². The molecule has 2 saturated carbocycles. The number of hydrogen-bond acceptors (Lipinski definition) is 1. The molecule has 0 amide bonds. The van der Waals surface area contributed by atoms with Crippen LogP contribution in [0.15, 0.2) is 42.5 Å². The Morgan fingerprint density at radius 2 is 1.50 bits per heavy atom. The molecule has 0 aromatic heterocycles. The highest BCUT2D eigenvalue weighted by Crippen LogP contribution is 2.43. The first kappa shape index (κ1) is 26.8. The molecule has 0 N–H and O–H groups in total. The highest BCUT2D eigenvalue weighted by molar-refractivity contribution is 5.69. The second-order valence-electron chi connectivity index (χ2n) is 10.8. The summed E-state index contributed by atoms with van der Waals surface area (Å²) in [5.41, 5.74) is 0.541. The van der Waals surface area contributed by atoms with E-state index in [2.05, 4.69) is 6.92 Å². The average molecular weight is 499 g/mol. The standard InChI is InChI=1S/C32H41F3O/c1-3-5-22-6-11-24(12-7-22)25-13-8-23(9-14-25)10-15-27-18-21-29(31(33)30(27)32(34)35)26-16-19-28(20-17-26)36-4-2/h10,15-25,32H,3-9,11-14H2,1-2H3. The van der Waals surface area contributed by atoms with Gasteiger partial charge in [-0.3, -0.25) is 0 Å². The molecule has 2 aliphatic rings. The second-order valence-corrected chi connectivity index (χ2v) is 10.8. The zero-order valence-corrected chi connectivity index (χ0v) is 21.8. The van der Waals surface area contributed by atoms with Crippen molar-refractivity contribution in [1.82, 2.24) is 0 Å². The molecule has 2 aromatic rings. The van der Waals surface area contributed by atoms with Crippen molar-refractivity contribution in [2.24, 2.45) is 23.7 Å². The summed E-state index contributed by atoms with van der Waals surface area (Å²) in [4.78, 5) is 0.